The van der Waals surface area contributed by atoms with Crippen LogP contribution < -0.4 is 14.8 Å². The summed E-state index contributed by atoms with van der Waals surface area (Å²) < 4.78 is 37.0. The lowest BCUT2D eigenvalue weighted by atomic mass is 10.0. The predicted molar refractivity (Wildman–Crippen MR) is 93.6 cm³/mol. The zero-order valence-corrected chi connectivity index (χ0v) is 14.2. The summed E-state index contributed by atoms with van der Waals surface area (Å²) in [5.74, 6) is 1.21. The fourth-order valence-corrected chi connectivity index (χ4v) is 2.94. The van der Waals surface area contributed by atoms with Gasteiger partial charge in [0, 0.05) is 11.3 Å². The van der Waals surface area contributed by atoms with Crippen molar-refractivity contribution in [1.82, 2.24) is 20.2 Å². The Morgan fingerprint density at radius 3 is 2.63 bits per heavy atom. The van der Waals surface area contributed by atoms with E-state index in [0.29, 0.717) is 11.5 Å². The fraction of sp³-hybridized carbons (Fsp3) is 0.167. The molecule has 4 rings (SSSR count). The third-order valence-electron chi connectivity index (χ3n) is 4.18. The van der Waals surface area contributed by atoms with Gasteiger partial charge in [-0.1, -0.05) is 23.3 Å². The molecular formula is C18H15F2N5O2. The van der Waals surface area contributed by atoms with Crippen LogP contribution in [0.3, 0.4) is 0 Å². The second kappa shape index (κ2) is 7.02. The maximum atomic E-state index is 12.8. The summed E-state index contributed by atoms with van der Waals surface area (Å²) >= 11 is 0. The number of hydrogen-bond acceptors (Lipinski definition) is 6. The van der Waals surface area contributed by atoms with Crippen LogP contribution in [0.4, 0.5) is 14.7 Å². The van der Waals surface area contributed by atoms with Crippen LogP contribution in [-0.4, -0.2) is 33.9 Å². The Balaban J connectivity index is 1.78. The van der Waals surface area contributed by atoms with Gasteiger partial charge in [0.25, 0.3) is 0 Å². The number of allylic oxidation sites excluding steroid dienone is 1. The van der Waals surface area contributed by atoms with E-state index in [2.05, 4.69) is 25.6 Å². The molecule has 0 amide bonds. The quantitative estimate of drug-likeness (QED) is 0.742. The van der Waals surface area contributed by atoms with Gasteiger partial charge in [0.2, 0.25) is 5.95 Å². The van der Waals surface area contributed by atoms with E-state index in [1.54, 1.807) is 25.3 Å². The number of methoxy groups -OCH3 is 1. The molecule has 0 aliphatic carbocycles. The maximum absolute atomic E-state index is 12.8. The molecule has 0 radical (unpaired) electrons. The Morgan fingerprint density at radius 2 is 1.89 bits per heavy atom. The van der Waals surface area contributed by atoms with Crippen LogP contribution in [0.2, 0.25) is 0 Å². The van der Waals surface area contributed by atoms with Crippen LogP contribution in [0.1, 0.15) is 17.2 Å². The first-order valence-corrected chi connectivity index (χ1v) is 8.10. The number of fused-ring (bicyclic) bond motifs is 1. The minimum Gasteiger partial charge on any atom is -0.497 e. The molecule has 1 atom stereocenters. The molecule has 0 fully saturated rings. The highest BCUT2D eigenvalue weighted by molar-refractivity contribution is 5.77. The molecule has 7 nitrogen and oxygen atoms in total. The fourth-order valence-electron chi connectivity index (χ4n) is 2.94. The van der Waals surface area contributed by atoms with Gasteiger partial charge in [-0.3, -0.25) is 0 Å². The van der Waals surface area contributed by atoms with Crippen LogP contribution in [0.15, 0.2) is 54.6 Å². The average Bonchev–Trinajstić information content (AvgIpc) is 3.16. The average molecular weight is 371 g/mol. The topological polar surface area (TPSA) is 74.1 Å². The molecule has 138 valence electrons. The van der Waals surface area contributed by atoms with Gasteiger partial charge in [-0.15, -0.1) is 0 Å². The Bertz CT molecular complexity index is 972. The third kappa shape index (κ3) is 3.31. The van der Waals surface area contributed by atoms with Crippen molar-refractivity contribution in [2.45, 2.75) is 12.7 Å². The number of hydrogen-bond donors (Lipinski definition) is 1. The number of halogens is 2. The number of alkyl halides is 2. The summed E-state index contributed by atoms with van der Waals surface area (Å²) in [6.45, 7) is -2.92. The molecule has 0 saturated heterocycles. The maximum Gasteiger partial charge on any atom is 0.387 e. The minimum atomic E-state index is -2.92. The van der Waals surface area contributed by atoms with Crippen molar-refractivity contribution in [1.29, 1.82) is 0 Å². The molecule has 2 aromatic carbocycles. The van der Waals surface area contributed by atoms with Gasteiger partial charge in [-0.25, -0.2) is 0 Å². The molecule has 3 aromatic rings. The normalized spacial score (nSPS) is 15.7. The smallest absolute Gasteiger partial charge is 0.387 e. The summed E-state index contributed by atoms with van der Waals surface area (Å²) in [7, 11) is 1.59. The number of benzene rings is 2. The van der Waals surface area contributed by atoms with E-state index in [1.807, 2.05) is 30.3 Å². The first-order chi connectivity index (χ1) is 13.2. The summed E-state index contributed by atoms with van der Waals surface area (Å²) in [5.41, 5.74) is 2.15. The number of ether oxygens (including phenoxy) is 2. The lowest BCUT2D eigenvalue weighted by Crippen LogP contribution is -2.21. The number of rotatable bonds is 5. The molecule has 0 saturated carbocycles. The predicted octanol–water partition coefficient (Wildman–Crippen LogP) is 3.34. The van der Waals surface area contributed by atoms with Gasteiger partial charge in [-0.05, 0) is 52.4 Å². The van der Waals surface area contributed by atoms with Gasteiger partial charge in [0.15, 0.2) is 0 Å². The summed E-state index contributed by atoms with van der Waals surface area (Å²) in [4.78, 5) is 0. The van der Waals surface area contributed by atoms with Crippen molar-refractivity contribution >= 4 is 11.6 Å². The molecule has 1 aromatic heterocycles. The molecule has 0 unspecified atom stereocenters. The highest BCUT2D eigenvalue weighted by atomic mass is 19.3. The van der Waals surface area contributed by atoms with E-state index in [1.165, 1.54) is 10.7 Å². The largest absolute Gasteiger partial charge is 0.497 e. The van der Waals surface area contributed by atoms with Gasteiger partial charge in [0.1, 0.15) is 17.5 Å². The van der Waals surface area contributed by atoms with Crippen molar-refractivity contribution in [2.75, 3.05) is 12.4 Å². The molecular weight excluding hydrogens is 356 g/mol. The molecule has 2 heterocycles. The van der Waals surface area contributed by atoms with Gasteiger partial charge in [-0.2, -0.15) is 13.5 Å². The molecule has 1 aliphatic heterocycles. The van der Waals surface area contributed by atoms with Gasteiger partial charge < -0.3 is 14.8 Å². The Kier molecular flexibility index (Phi) is 4.41. The van der Waals surface area contributed by atoms with E-state index in [9.17, 15) is 8.78 Å². The zero-order valence-electron chi connectivity index (χ0n) is 14.2. The van der Waals surface area contributed by atoms with Crippen molar-refractivity contribution in [3.05, 3.63) is 65.7 Å². The lowest BCUT2D eigenvalue weighted by Gasteiger charge is -2.25. The summed E-state index contributed by atoms with van der Waals surface area (Å²) in [6, 6.07) is 13.5. The molecule has 27 heavy (non-hydrogen) atoms. The van der Waals surface area contributed by atoms with Gasteiger partial charge in [0.05, 0.1) is 7.11 Å². The Morgan fingerprint density at radius 1 is 1.11 bits per heavy atom. The second-order valence-corrected chi connectivity index (χ2v) is 5.74. The molecule has 1 aliphatic rings. The molecule has 9 heteroatoms. The van der Waals surface area contributed by atoms with Crippen molar-refractivity contribution in [2.24, 2.45) is 0 Å². The second-order valence-electron chi connectivity index (χ2n) is 5.74. The van der Waals surface area contributed by atoms with Crippen LogP contribution in [0.25, 0.3) is 5.70 Å². The monoisotopic (exact) mass is 371 g/mol. The molecule has 0 bridgehead atoms. The van der Waals surface area contributed by atoms with Crippen LogP contribution in [-0.2, 0) is 0 Å². The number of nitrogens with one attached hydrogen (secondary N) is 1. The number of aromatic nitrogens is 4. The zero-order chi connectivity index (χ0) is 18.8. The van der Waals surface area contributed by atoms with Crippen molar-refractivity contribution in [3.63, 3.8) is 0 Å². The van der Waals surface area contributed by atoms with Crippen molar-refractivity contribution < 1.29 is 18.3 Å². The van der Waals surface area contributed by atoms with E-state index in [0.717, 1.165) is 17.0 Å². The Hall–Kier alpha value is -3.49. The van der Waals surface area contributed by atoms with E-state index < -0.39 is 12.7 Å². The first kappa shape index (κ1) is 17.0. The van der Waals surface area contributed by atoms with Crippen molar-refractivity contribution in [3.8, 4) is 11.5 Å². The highest BCUT2D eigenvalue weighted by Crippen LogP contribution is 2.36. The molecule has 1 N–H and O–H groups in total. The van der Waals surface area contributed by atoms with Crippen LogP contribution in [0.5, 0.6) is 11.5 Å². The minimum absolute atomic E-state index is 0.0752. The Labute approximate surface area is 153 Å². The van der Waals surface area contributed by atoms with E-state index in [-0.39, 0.29) is 5.75 Å². The number of para-hydroxylation sites is 1. The number of nitrogens with zero attached hydrogens (tertiary/aromatic N) is 4. The van der Waals surface area contributed by atoms with E-state index >= 15 is 0 Å². The van der Waals surface area contributed by atoms with E-state index in [4.69, 9.17) is 4.74 Å². The van der Waals surface area contributed by atoms with Crippen LogP contribution >= 0.6 is 0 Å². The SMILES string of the molecule is COc1ccc(C2=C[C@H](c3ccccc3OC(F)F)n3nnnc3N2)cc1. The summed E-state index contributed by atoms with van der Waals surface area (Å²) in [5, 5.41) is 14.8. The first-order valence-electron chi connectivity index (χ1n) is 8.10. The third-order valence-corrected chi connectivity index (χ3v) is 4.18. The summed E-state index contributed by atoms with van der Waals surface area (Å²) in [6.07, 6.45) is 1.86. The number of tetrazole rings is 1. The van der Waals surface area contributed by atoms with Crippen LogP contribution in [0, 0.1) is 0 Å². The standard InChI is InChI=1S/C18H15F2N5O2/c1-26-12-8-6-11(7-9-12)14-10-15(25-18(21-14)22-23-24-25)13-4-2-3-5-16(13)27-17(19)20/h2-10,15,17H,1H3,(H,21,22,24)/t15-/m1/s1. The highest BCUT2D eigenvalue weighted by Gasteiger charge is 2.27. The number of anilines is 1. The molecule has 0 spiro atoms. The lowest BCUT2D eigenvalue weighted by molar-refractivity contribution is -0.0506. The van der Waals surface area contributed by atoms with Gasteiger partial charge >= 0.3 is 6.61 Å².